The van der Waals surface area contributed by atoms with Gasteiger partial charge in [-0.1, -0.05) is 6.07 Å². The Kier molecular flexibility index (Phi) is 2.85. The predicted molar refractivity (Wildman–Crippen MR) is 51.7 cm³/mol. The number of amides is 1. The number of anilines is 1. The van der Waals surface area contributed by atoms with Gasteiger partial charge in [-0.05, 0) is 12.1 Å². The number of nitrogens with zero attached hydrogens (tertiary/aromatic N) is 1. The van der Waals surface area contributed by atoms with Crippen molar-refractivity contribution >= 4 is 21.6 Å². The van der Waals surface area contributed by atoms with Gasteiger partial charge in [0.15, 0.2) is 14.9 Å². The second kappa shape index (κ2) is 3.75. The van der Waals surface area contributed by atoms with Crippen molar-refractivity contribution < 1.29 is 13.2 Å². The highest BCUT2D eigenvalue weighted by molar-refractivity contribution is 7.90. The molecule has 0 fully saturated rings. The number of pyridine rings is 1. The Morgan fingerprint density at radius 2 is 2.07 bits per heavy atom. The van der Waals surface area contributed by atoms with Crippen LogP contribution in [0.3, 0.4) is 0 Å². The van der Waals surface area contributed by atoms with Crippen molar-refractivity contribution in [3.63, 3.8) is 0 Å². The van der Waals surface area contributed by atoms with E-state index in [1.165, 1.54) is 25.1 Å². The van der Waals surface area contributed by atoms with Gasteiger partial charge in [0.2, 0.25) is 5.91 Å². The Balaban J connectivity index is 3.08. The first-order valence-electron chi connectivity index (χ1n) is 3.84. The lowest BCUT2D eigenvalue weighted by Gasteiger charge is -2.02. The van der Waals surface area contributed by atoms with Gasteiger partial charge in [0.05, 0.1) is 0 Å². The standard InChI is InChI=1S/C8H10N2O3S/c1-6(11)9-7-4-3-5-8(10-7)14(2,12)13/h3-5H,1-2H3,(H,9,10,11). The summed E-state index contributed by atoms with van der Waals surface area (Å²) in [4.78, 5) is 14.4. The number of nitrogens with one attached hydrogen (secondary N) is 1. The SMILES string of the molecule is CC(=O)Nc1cccc(S(C)(=O)=O)n1. The highest BCUT2D eigenvalue weighted by atomic mass is 32.2. The molecule has 0 spiro atoms. The van der Waals surface area contributed by atoms with Gasteiger partial charge in [0, 0.05) is 13.2 Å². The minimum atomic E-state index is -3.32. The molecular formula is C8H10N2O3S. The molecule has 0 bridgehead atoms. The normalized spacial score (nSPS) is 11.0. The molecule has 14 heavy (non-hydrogen) atoms. The molecule has 76 valence electrons. The molecule has 0 aliphatic heterocycles. The highest BCUT2D eigenvalue weighted by Gasteiger charge is 2.09. The van der Waals surface area contributed by atoms with E-state index in [4.69, 9.17) is 0 Å². The van der Waals surface area contributed by atoms with Crippen LogP contribution in [0.5, 0.6) is 0 Å². The monoisotopic (exact) mass is 214 g/mol. The van der Waals surface area contributed by atoms with Crippen molar-refractivity contribution in [1.82, 2.24) is 4.98 Å². The zero-order chi connectivity index (χ0) is 10.8. The lowest BCUT2D eigenvalue weighted by molar-refractivity contribution is -0.114. The molecule has 5 nitrogen and oxygen atoms in total. The van der Waals surface area contributed by atoms with Gasteiger partial charge in [0.25, 0.3) is 0 Å². The Hall–Kier alpha value is -1.43. The van der Waals surface area contributed by atoms with Crippen LogP contribution in [0.2, 0.25) is 0 Å². The fourth-order valence-corrected chi connectivity index (χ4v) is 1.46. The fourth-order valence-electron chi connectivity index (χ4n) is 0.871. The molecule has 0 radical (unpaired) electrons. The average molecular weight is 214 g/mol. The molecule has 0 aromatic carbocycles. The zero-order valence-corrected chi connectivity index (χ0v) is 8.63. The summed E-state index contributed by atoms with van der Waals surface area (Å²) in [5, 5.41) is 2.35. The Morgan fingerprint density at radius 1 is 1.43 bits per heavy atom. The molecule has 1 N–H and O–H groups in total. The maximum Gasteiger partial charge on any atom is 0.222 e. The zero-order valence-electron chi connectivity index (χ0n) is 7.81. The predicted octanol–water partition coefficient (Wildman–Crippen LogP) is 0.443. The molecule has 1 aromatic rings. The average Bonchev–Trinajstić information content (AvgIpc) is 2.01. The maximum atomic E-state index is 11.1. The van der Waals surface area contributed by atoms with Crippen LogP contribution in [0.25, 0.3) is 0 Å². The Morgan fingerprint density at radius 3 is 2.57 bits per heavy atom. The van der Waals surface area contributed by atoms with Gasteiger partial charge < -0.3 is 5.32 Å². The molecule has 1 heterocycles. The van der Waals surface area contributed by atoms with Crippen molar-refractivity contribution in [1.29, 1.82) is 0 Å². The van der Waals surface area contributed by atoms with Crippen LogP contribution >= 0.6 is 0 Å². The molecule has 1 amide bonds. The molecular weight excluding hydrogens is 204 g/mol. The molecule has 0 saturated heterocycles. The molecule has 0 unspecified atom stereocenters. The molecule has 0 aliphatic carbocycles. The summed E-state index contributed by atoms with van der Waals surface area (Å²) in [5.41, 5.74) is 0. The minimum Gasteiger partial charge on any atom is -0.311 e. The number of rotatable bonds is 2. The van der Waals surface area contributed by atoms with Crippen molar-refractivity contribution in [3.8, 4) is 0 Å². The summed E-state index contributed by atoms with van der Waals surface area (Å²) in [6.07, 6.45) is 1.06. The largest absolute Gasteiger partial charge is 0.311 e. The lowest BCUT2D eigenvalue weighted by Crippen LogP contribution is -2.09. The molecule has 1 rings (SSSR count). The summed E-state index contributed by atoms with van der Waals surface area (Å²) in [7, 11) is -3.32. The van der Waals surface area contributed by atoms with E-state index in [0.717, 1.165) is 6.26 Å². The lowest BCUT2D eigenvalue weighted by atomic mass is 10.4. The Labute approximate surface area is 82.1 Å². The summed E-state index contributed by atoms with van der Waals surface area (Å²) < 4.78 is 22.2. The van der Waals surface area contributed by atoms with Crippen LogP contribution in [-0.2, 0) is 14.6 Å². The van der Waals surface area contributed by atoms with Crippen LogP contribution in [0.1, 0.15) is 6.92 Å². The topological polar surface area (TPSA) is 76.1 Å². The van der Waals surface area contributed by atoms with E-state index in [9.17, 15) is 13.2 Å². The number of carbonyl (C=O) groups is 1. The number of hydrogen-bond donors (Lipinski definition) is 1. The molecule has 0 atom stereocenters. The van der Waals surface area contributed by atoms with E-state index in [0.29, 0.717) is 0 Å². The van der Waals surface area contributed by atoms with Gasteiger partial charge in [-0.3, -0.25) is 4.79 Å². The molecule has 0 aliphatic rings. The number of sulfone groups is 1. The van der Waals surface area contributed by atoms with Crippen molar-refractivity contribution in [3.05, 3.63) is 18.2 Å². The van der Waals surface area contributed by atoms with Gasteiger partial charge in [-0.2, -0.15) is 0 Å². The number of carbonyl (C=O) groups excluding carboxylic acids is 1. The third-order valence-corrected chi connectivity index (χ3v) is 2.39. The highest BCUT2D eigenvalue weighted by Crippen LogP contribution is 2.09. The van der Waals surface area contributed by atoms with E-state index in [-0.39, 0.29) is 16.8 Å². The number of aromatic nitrogens is 1. The van der Waals surface area contributed by atoms with Crippen LogP contribution in [-0.4, -0.2) is 25.6 Å². The summed E-state index contributed by atoms with van der Waals surface area (Å²) in [6, 6.07) is 4.42. The third kappa shape index (κ3) is 2.81. The quantitative estimate of drug-likeness (QED) is 0.775. The van der Waals surface area contributed by atoms with Crippen LogP contribution in [0, 0.1) is 0 Å². The maximum absolute atomic E-state index is 11.1. The first kappa shape index (κ1) is 10.6. The minimum absolute atomic E-state index is 0.0521. The summed E-state index contributed by atoms with van der Waals surface area (Å²) >= 11 is 0. The van der Waals surface area contributed by atoms with Gasteiger partial charge >= 0.3 is 0 Å². The van der Waals surface area contributed by atoms with Gasteiger partial charge in [0.1, 0.15) is 5.82 Å². The molecule has 0 saturated carbocycles. The van der Waals surface area contributed by atoms with Gasteiger partial charge in [-0.25, -0.2) is 13.4 Å². The van der Waals surface area contributed by atoms with Crippen molar-refractivity contribution in [2.45, 2.75) is 11.9 Å². The van der Waals surface area contributed by atoms with Crippen LogP contribution in [0.15, 0.2) is 23.2 Å². The Bertz CT molecular complexity index is 453. The van der Waals surface area contributed by atoms with E-state index in [2.05, 4.69) is 10.3 Å². The van der Waals surface area contributed by atoms with Crippen LogP contribution < -0.4 is 5.32 Å². The van der Waals surface area contributed by atoms with E-state index < -0.39 is 9.84 Å². The summed E-state index contributed by atoms with van der Waals surface area (Å²) in [5.74, 6) is -0.0522. The van der Waals surface area contributed by atoms with Crippen molar-refractivity contribution in [2.75, 3.05) is 11.6 Å². The van der Waals surface area contributed by atoms with E-state index >= 15 is 0 Å². The molecule has 6 heteroatoms. The van der Waals surface area contributed by atoms with E-state index in [1.807, 2.05) is 0 Å². The molecule has 1 aromatic heterocycles. The van der Waals surface area contributed by atoms with Crippen molar-refractivity contribution in [2.24, 2.45) is 0 Å². The first-order valence-corrected chi connectivity index (χ1v) is 5.73. The first-order chi connectivity index (χ1) is 6.39. The van der Waals surface area contributed by atoms with Crippen LogP contribution in [0.4, 0.5) is 5.82 Å². The van der Waals surface area contributed by atoms with E-state index in [1.54, 1.807) is 0 Å². The smallest absolute Gasteiger partial charge is 0.222 e. The second-order valence-electron chi connectivity index (χ2n) is 2.81. The van der Waals surface area contributed by atoms with Gasteiger partial charge in [-0.15, -0.1) is 0 Å². The second-order valence-corrected chi connectivity index (χ2v) is 4.78. The third-order valence-electron chi connectivity index (χ3n) is 1.41. The number of hydrogen-bond acceptors (Lipinski definition) is 4. The summed E-state index contributed by atoms with van der Waals surface area (Å²) in [6.45, 7) is 1.33. The fraction of sp³-hybridized carbons (Fsp3) is 0.250.